The fraction of sp³-hybridized carbons (Fsp3) is 0.263. The number of rotatable bonds is 9. The highest BCUT2D eigenvalue weighted by molar-refractivity contribution is 5.83. The summed E-state index contributed by atoms with van der Waals surface area (Å²) in [6, 6.07) is 12.4. The van der Waals surface area contributed by atoms with Crippen LogP contribution in [0.25, 0.3) is 0 Å². The van der Waals surface area contributed by atoms with Gasteiger partial charge in [0.1, 0.15) is 23.9 Å². The molecule has 0 aliphatic carbocycles. The summed E-state index contributed by atoms with van der Waals surface area (Å²) in [6.45, 7) is 0.694. The number of ether oxygens (including phenoxy) is 2. The van der Waals surface area contributed by atoms with E-state index >= 15 is 0 Å². The van der Waals surface area contributed by atoms with E-state index in [2.05, 4.69) is 16.0 Å². The second kappa shape index (κ2) is 10.6. The molecule has 7 nitrogen and oxygen atoms in total. The first-order chi connectivity index (χ1) is 13.1. The molecule has 8 heteroatoms. The van der Waals surface area contributed by atoms with Crippen LogP contribution in [0.2, 0.25) is 0 Å². The quantitative estimate of drug-likeness (QED) is 0.584. The molecule has 0 saturated heterocycles. The van der Waals surface area contributed by atoms with Crippen LogP contribution < -0.4 is 25.4 Å². The highest BCUT2D eigenvalue weighted by Gasteiger charge is 2.05. The molecule has 0 aliphatic rings. The molecule has 0 atom stereocenters. The molecular weight excluding hydrogens is 353 g/mol. The Morgan fingerprint density at radius 1 is 0.926 bits per heavy atom. The van der Waals surface area contributed by atoms with Crippen LogP contribution in [0.15, 0.2) is 48.5 Å². The number of benzene rings is 2. The van der Waals surface area contributed by atoms with Crippen molar-refractivity contribution in [2.24, 2.45) is 0 Å². The highest BCUT2D eigenvalue weighted by Crippen LogP contribution is 2.16. The fourth-order valence-corrected chi connectivity index (χ4v) is 2.10. The summed E-state index contributed by atoms with van der Waals surface area (Å²) in [5, 5.41) is 7.67. The van der Waals surface area contributed by atoms with Gasteiger partial charge in [-0.15, -0.1) is 0 Å². The minimum atomic E-state index is -0.482. The molecule has 27 heavy (non-hydrogen) atoms. The molecule has 0 saturated carbocycles. The van der Waals surface area contributed by atoms with Gasteiger partial charge in [-0.2, -0.15) is 0 Å². The molecule has 3 N–H and O–H groups in total. The minimum Gasteiger partial charge on any atom is -0.497 e. The summed E-state index contributed by atoms with van der Waals surface area (Å²) in [7, 11) is 1.59. The minimum absolute atomic E-state index is 0.155. The Labute approximate surface area is 156 Å². The van der Waals surface area contributed by atoms with E-state index in [1.807, 2.05) is 0 Å². The smallest absolute Gasteiger partial charge is 0.315 e. The van der Waals surface area contributed by atoms with Gasteiger partial charge >= 0.3 is 6.03 Å². The number of carbonyl (C=O) groups excluding carboxylic acids is 2. The first kappa shape index (κ1) is 20.0. The number of nitrogens with one attached hydrogen (secondary N) is 3. The van der Waals surface area contributed by atoms with Crippen LogP contribution in [-0.4, -0.2) is 38.7 Å². The van der Waals surface area contributed by atoms with Gasteiger partial charge in [0.05, 0.1) is 20.2 Å². The second-order valence-electron chi connectivity index (χ2n) is 5.54. The number of carbonyl (C=O) groups is 2. The van der Waals surface area contributed by atoms with Crippen LogP contribution >= 0.6 is 0 Å². The lowest BCUT2D eigenvalue weighted by molar-refractivity contribution is -0.120. The van der Waals surface area contributed by atoms with Gasteiger partial charge in [0.15, 0.2) is 0 Å². The molecule has 2 aromatic carbocycles. The third-order valence-corrected chi connectivity index (χ3v) is 3.53. The zero-order chi connectivity index (χ0) is 19.5. The maximum Gasteiger partial charge on any atom is 0.315 e. The summed E-state index contributed by atoms with van der Waals surface area (Å²) in [6.07, 6.45) is 0. The largest absolute Gasteiger partial charge is 0.497 e. The van der Waals surface area contributed by atoms with Gasteiger partial charge in [-0.1, -0.05) is 12.1 Å². The third-order valence-electron chi connectivity index (χ3n) is 3.53. The van der Waals surface area contributed by atoms with E-state index in [4.69, 9.17) is 9.47 Å². The van der Waals surface area contributed by atoms with Gasteiger partial charge in [-0.25, -0.2) is 9.18 Å². The van der Waals surface area contributed by atoms with E-state index < -0.39 is 6.03 Å². The van der Waals surface area contributed by atoms with Crippen molar-refractivity contribution in [2.75, 3.05) is 26.8 Å². The van der Waals surface area contributed by atoms with Gasteiger partial charge in [-0.05, 0) is 42.0 Å². The lowest BCUT2D eigenvalue weighted by Gasteiger charge is -2.10. The monoisotopic (exact) mass is 375 g/mol. The van der Waals surface area contributed by atoms with Crippen LogP contribution in [0.1, 0.15) is 5.56 Å². The predicted molar refractivity (Wildman–Crippen MR) is 98.1 cm³/mol. The van der Waals surface area contributed by atoms with Crippen molar-refractivity contribution < 1.29 is 23.5 Å². The van der Waals surface area contributed by atoms with Crippen LogP contribution in [0, 0.1) is 5.82 Å². The summed E-state index contributed by atoms with van der Waals surface area (Å²) in [5.41, 5.74) is 0.756. The van der Waals surface area contributed by atoms with E-state index in [1.165, 1.54) is 12.1 Å². The van der Waals surface area contributed by atoms with E-state index in [1.54, 1.807) is 43.5 Å². The molecule has 0 bridgehead atoms. The molecule has 0 unspecified atom stereocenters. The van der Waals surface area contributed by atoms with Gasteiger partial charge < -0.3 is 25.4 Å². The number of hydrogen-bond acceptors (Lipinski definition) is 4. The Kier molecular flexibility index (Phi) is 7.90. The molecule has 3 amide bonds. The zero-order valence-electron chi connectivity index (χ0n) is 15.0. The van der Waals surface area contributed by atoms with E-state index in [0.29, 0.717) is 18.9 Å². The van der Waals surface area contributed by atoms with Crippen molar-refractivity contribution in [1.82, 2.24) is 16.0 Å². The standard InChI is InChI=1S/C19H22FN3O4/c1-26-16-6-8-17(9-7-16)27-11-10-21-18(24)13-23-19(25)22-12-14-2-4-15(20)5-3-14/h2-9H,10-13H2,1H3,(H,21,24)(H2,22,23,25). The third kappa shape index (κ3) is 7.64. The van der Waals surface area contributed by atoms with Crippen LogP contribution in [0.3, 0.4) is 0 Å². The first-order valence-corrected chi connectivity index (χ1v) is 8.36. The average molecular weight is 375 g/mol. The van der Waals surface area contributed by atoms with Crippen molar-refractivity contribution >= 4 is 11.9 Å². The first-order valence-electron chi connectivity index (χ1n) is 8.36. The Hall–Kier alpha value is -3.29. The molecule has 0 spiro atoms. The fourth-order valence-electron chi connectivity index (χ4n) is 2.10. The highest BCUT2D eigenvalue weighted by atomic mass is 19.1. The molecule has 0 fully saturated rings. The molecule has 0 radical (unpaired) electrons. The maximum absolute atomic E-state index is 12.8. The van der Waals surface area contributed by atoms with Crippen LogP contribution in [-0.2, 0) is 11.3 Å². The van der Waals surface area contributed by atoms with Crippen molar-refractivity contribution in [3.05, 3.63) is 59.9 Å². The van der Waals surface area contributed by atoms with Crippen LogP contribution in [0.5, 0.6) is 11.5 Å². The van der Waals surface area contributed by atoms with Crippen molar-refractivity contribution in [1.29, 1.82) is 0 Å². The summed E-state index contributed by atoms with van der Waals surface area (Å²) in [5.74, 6) is 0.740. The van der Waals surface area contributed by atoms with Crippen molar-refractivity contribution in [2.45, 2.75) is 6.54 Å². The molecule has 144 valence electrons. The van der Waals surface area contributed by atoms with E-state index in [9.17, 15) is 14.0 Å². The molecule has 2 rings (SSSR count). The predicted octanol–water partition coefficient (Wildman–Crippen LogP) is 1.83. The SMILES string of the molecule is COc1ccc(OCCNC(=O)CNC(=O)NCc2ccc(F)cc2)cc1. The summed E-state index contributed by atoms with van der Waals surface area (Å²) < 4.78 is 23.3. The van der Waals surface area contributed by atoms with Gasteiger partial charge in [0.2, 0.25) is 5.91 Å². The van der Waals surface area contributed by atoms with Gasteiger partial charge in [0, 0.05) is 6.54 Å². The lowest BCUT2D eigenvalue weighted by atomic mass is 10.2. The van der Waals surface area contributed by atoms with E-state index in [-0.39, 0.29) is 24.8 Å². The summed E-state index contributed by atoms with van der Waals surface area (Å²) >= 11 is 0. The molecule has 0 aromatic heterocycles. The Morgan fingerprint density at radius 3 is 2.26 bits per heavy atom. The second-order valence-corrected chi connectivity index (χ2v) is 5.54. The van der Waals surface area contributed by atoms with Crippen LogP contribution in [0.4, 0.5) is 9.18 Å². The average Bonchev–Trinajstić information content (AvgIpc) is 2.69. The van der Waals surface area contributed by atoms with Gasteiger partial charge in [-0.3, -0.25) is 4.79 Å². The normalized spacial score (nSPS) is 10.0. The Balaban J connectivity index is 1.55. The van der Waals surface area contributed by atoms with E-state index in [0.717, 1.165) is 11.3 Å². The van der Waals surface area contributed by atoms with Crippen molar-refractivity contribution in [3.8, 4) is 11.5 Å². The maximum atomic E-state index is 12.8. The number of hydrogen-bond donors (Lipinski definition) is 3. The lowest BCUT2D eigenvalue weighted by Crippen LogP contribution is -2.42. The van der Waals surface area contributed by atoms with Crippen molar-refractivity contribution in [3.63, 3.8) is 0 Å². The molecular formula is C19H22FN3O4. The van der Waals surface area contributed by atoms with Gasteiger partial charge in [0.25, 0.3) is 0 Å². The number of amides is 3. The molecule has 2 aromatic rings. The number of urea groups is 1. The Bertz CT molecular complexity index is 736. The molecule has 0 heterocycles. The number of halogens is 1. The molecule has 0 aliphatic heterocycles. The Morgan fingerprint density at radius 2 is 1.59 bits per heavy atom. The summed E-state index contributed by atoms with van der Waals surface area (Å²) in [4.78, 5) is 23.3. The zero-order valence-corrected chi connectivity index (χ0v) is 15.0. The topological polar surface area (TPSA) is 88.7 Å². The number of methoxy groups -OCH3 is 1.